The Morgan fingerprint density at radius 1 is 1.05 bits per heavy atom. The molecule has 0 radical (unpaired) electrons. The fourth-order valence-corrected chi connectivity index (χ4v) is 1.94. The van der Waals surface area contributed by atoms with E-state index in [1.165, 1.54) is 25.3 Å². The second kappa shape index (κ2) is 6.82. The number of benzene rings is 2. The Hall–Kier alpha value is -2.73. The van der Waals surface area contributed by atoms with Gasteiger partial charge in [0, 0.05) is 5.02 Å². The minimum atomic E-state index is -0.646. The second-order valence-electron chi connectivity index (χ2n) is 4.27. The number of hydrogen-bond acceptors (Lipinski definition) is 4. The van der Waals surface area contributed by atoms with Crippen LogP contribution in [-0.4, -0.2) is 24.0 Å². The minimum absolute atomic E-state index is 0.0425. The van der Waals surface area contributed by atoms with Crippen LogP contribution in [0.4, 0.5) is 0 Å². The average Bonchev–Trinajstić information content (AvgIpc) is 2.52. The number of phenolic OH excluding ortho intramolecular Hbond substituents is 1. The summed E-state index contributed by atoms with van der Waals surface area (Å²) in [4.78, 5) is 23.9. The Morgan fingerprint density at radius 3 is 2.32 bits per heavy atom. The number of methoxy groups -OCH3 is 1. The van der Waals surface area contributed by atoms with Crippen LogP contribution in [0.5, 0.6) is 11.5 Å². The number of ether oxygens (including phenoxy) is 1. The molecule has 2 amide bonds. The SMILES string of the molecule is COc1ccc(Cl)cc1C(=O)NNC(=O)c1ccccc1O. The van der Waals surface area contributed by atoms with E-state index in [4.69, 9.17) is 16.3 Å². The van der Waals surface area contributed by atoms with Crippen molar-refractivity contribution in [2.24, 2.45) is 0 Å². The van der Waals surface area contributed by atoms with Gasteiger partial charge in [-0.1, -0.05) is 23.7 Å². The number of halogens is 1. The summed E-state index contributed by atoms with van der Waals surface area (Å²) in [5, 5.41) is 9.93. The molecule has 0 aromatic heterocycles. The second-order valence-corrected chi connectivity index (χ2v) is 4.71. The lowest BCUT2D eigenvalue weighted by Gasteiger charge is -2.11. The van der Waals surface area contributed by atoms with E-state index in [-0.39, 0.29) is 16.9 Å². The molecule has 2 aromatic carbocycles. The third-order valence-corrected chi connectivity index (χ3v) is 3.08. The van der Waals surface area contributed by atoms with Crippen LogP contribution < -0.4 is 15.6 Å². The molecule has 7 heteroatoms. The van der Waals surface area contributed by atoms with Gasteiger partial charge in [0.05, 0.1) is 18.2 Å². The molecule has 0 fully saturated rings. The summed E-state index contributed by atoms with van der Waals surface area (Å²) in [7, 11) is 1.42. The zero-order valence-electron chi connectivity index (χ0n) is 11.6. The van der Waals surface area contributed by atoms with Crippen LogP contribution in [-0.2, 0) is 0 Å². The number of phenols is 1. The summed E-state index contributed by atoms with van der Waals surface area (Å²) in [5.41, 5.74) is 4.67. The molecule has 2 aromatic rings. The first-order valence-electron chi connectivity index (χ1n) is 6.25. The zero-order valence-corrected chi connectivity index (χ0v) is 12.3. The van der Waals surface area contributed by atoms with E-state index >= 15 is 0 Å². The van der Waals surface area contributed by atoms with Crippen LogP contribution in [0.3, 0.4) is 0 Å². The molecule has 0 aliphatic carbocycles. The highest BCUT2D eigenvalue weighted by Gasteiger charge is 2.15. The van der Waals surface area contributed by atoms with Crippen LogP contribution in [0, 0.1) is 0 Å². The molecule has 114 valence electrons. The summed E-state index contributed by atoms with van der Waals surface area (Å²) in [6.07, 6.45) is 0. The third-order valence-electron chi connectivity index (χ3n) is 2.84. The maximum Gasteiger partial charge on any atom is 0.273 e. The standard InChI is InChI=1S/C15H13ClN2O4/c1-22-13-7-6-9(16)8-11(13)15(21)18-17-14(20)10-4-2-3-5-12(10)19/h2-8,19H,1H3,(H,17,20)(H,18,21). The quantitative estimate of drug-likeness (QED) is 0.756. The van der Waals surface area contributed by atoms with Crippen LogP contribution in [0.2, 0.25) is 5.02 Å². The predicted octanol–water partition coefficient (Wildman–Crippen LogP) is 2.13. The van der Waals surface area contributed by atoms with Crippen molar-refractivity contribution in [2.75, 3.05) is 7.11 Å². The van der Waals surface area contributed by atoms with Crippen LogP contribution >= 0.6 is 11.6 Å². The van der Waals surface area contributed by atoms with E-state index < -0.39 is 11.8 Å². The molecule has 0 saturated heterocycles. The van der Waals surface area contributed by atoms with Crippen molar-refractivity contribution in [3.63, 3.8) is 0 Å². The molecule has 0 aliphatic heterocycles. The van der Waals surface area contributed by atoms with Gasteiger partial charge in [0.15, 0.2) is 0 Å². The molecule has 0 heterocycles. The van der Waals surface area contributed by atoms with E-state index in [0.717, 1.165) is 0 Å². The van der Waals surface area contributed by atoms with Crippen molar-refractivity contribution in [3.05, 3.63) is 58.6 Å². The largest absolute Gasteiger partial charge is 0.507 e. The smallest absolute Gasteiger partial charge is 0.273 e. The van der Waals surface area contributed by atoms with E-state index in [2.05, 4.69) is 10.9 Å². The van der Waals surface area contributed by atoms with Gasteiger partial charge in [0.1, 0.15) is 11.5 Å². The van der Waals surface area contributed by atoms with Gasteiger partial charge in [0.2, 0.25) is 0 Å². The van der Waals surface area contributed by atoms with E-state index in [1.807, 2.05) is 0 Å². The predicted molar refractivity (Wildman–Crippen MR) is 81.0 cm³/mol. The maximum atomic E-state index is 12.1. The number of nitrogens with one attached hydrogen (secondary N) is 2. The summed E-state index contributed by atoms with van der Waals surface area (Å²) >= 11 is 5.84. The van der Waals surface area contributed by atoms with Crippen molar-refractivity contribution in [1.82, 2.24) is 10.9 Å². The number of hydrazine groups is 1. The minimum Gasteiger partial charge on any atom is -0.507 e. The Labute approximate surface area is 131 Å². The summed E-state index contributed by atoms with van der Waals surface area (Å²) < 4.78 is 5.06. The summed E-state index contributed by atoms with van der Waals surface area (Å²) in [6.45, 7) is 0. The molecule has 6 nitrogen and oxygen atoms in total. The number of aromatic hydroxyl groups is 1. The molecule has 22 heavy (non-hydrogen) atoms. The van der Waals surface area contributed by atoms with Crippen LogP contribution in [0.25, 0.3) is 0 Å². The highest BCUT2D eigenvalue weighted by atomic mass is 35.5. The molecule has 2 rings (SSSR count). The Morgan fingerprint density at radius 2 is 1.68 bits per heavy atom. The molecule has 0 atom stereocenters. The van der Waals surface area contributed by atoms with E-state index in [9.17, 15) is 14.7 Å². The summed E-state index contributed by atoms with van der Waals surface area (Å²) in [6, 6.07) is 10.5. The van der Waals surface area contributed by atoms with Gasteiger partial charge < -0.3 is 9.84 Å². The van der Waals surface area contributed by atoms with Gasteiger partial charge in [-0.25, -0.2) is 0 Å². The summed E-state index contributed by atoms with van der Waals surface area (Å²) in [5.74, 6) is -1.11. The number of carbonyl (C=O) groups excluding carboxylic acids is 2. The molecule has 0 bridgehead atoms. The van der Waals surface area contributed by atoms with Gasteiger partial charge in [0.25, 0.3) is 11.8 Å². The van der Waals surface area contributed by atoms with Crippen molar-refractivity contribution in [1.29, 1.82) is 0 Å². The first kappa shape index (κ1) is 15.7. The third kappa shape index (κ3) is 3.48. The fourth-order valence-electron chi connectivity index (χ4n) is 1.77. The zero-order chi connectivity index (χ0) is 16.1. The lowest BCUT2D eigenvalue weighted by Crippen LogP contribution is -2.41. The van der Waals surface area contributed by atoms with Crippen LogP contribution in [0.1, 0.15) is 20.7 Å². The number of carbonyl (C=O) groups is 2. The van der Waals surface area contributed by atoms with Gasteiger partial charge in [-0.05, 0) is 30.3 Å². The molecular formula is C15H13ClN2O4. The van der Waals surface area contributed by atoms with Crippen molar-refractivity contribution in [3.8, 4) is 11.5 Å². The van der Waals surface area contributed by atoms with E-state index in [1.54, 1.807) is 24.3 Å². The van der Waals surface area contributed by atoms with Gasteiger partial charge in [-0.2, -0.15) is 0 Å². The van der Waals surface area contributed by atoms with Gasteiger partial charge >= 0.3 is 0 Å². The van der Waals surface area contributed by atoms with Gasteiger partial charge in [-0.15, -0.1) is 0 Å². The van der Waals surface area contributed by atoms with Crippen molar-refractivity contribution >= 4 is 23.4 Å². The molecule has 3 N–H and O–H groups in total. The Balaban J connectivity index is 2.09. The van der Waals surface area contributed by atoms with Crippen LogP contribution in [0.15, 0.2) is 42.5 Å². The first-order valence-corrected chi connectivity index (χ1v) is 6.63. The van der Waals surface area contributed by atoms with Gasteiger partial charge in [-0.3, -0.25) is 20.4 Å². The molecule has 0 aliphatic rings. The molecule has 0 unspecified atom stereocenters. The Kier molecular flexibility index (Phi) is 4.85. The average molecular weight is 321 g/mol. The number of para-hydroxylation sites is 1. The molecule has 0 saturated carbocycles. The highest BCUT2D eigenvalue weighted by molar-refractivity contribution is 6.31. The highest BCUT2D eigenvalue weighted by Crippen LogP contribution is 2.22. The fraction of sp³-hybridized carbons (Fsp3) is 0.0667. The number of hydrogen-bond donors (Lipinski definition) is 3. The number of amides is 2. The molecule has 0 spiro atoms. The Bertz CT molecular complexity index is 718. The molecular weight excluding hydrogens is 308 g/mol. The van der Waals surface area contributed by atoms with E-state index in [0.29, 0.717) is 10.8 Å². The maximum absolute atomic E-state index is 12.1. The monoisotopic (exact) mass is 320 g/mol. The lowest BCUT2D eigenvalue weighted by atomic mass is 10.2. The topological polar surface area (TPSA) is 87.7 Å². The normalized spacial score (nSPS) is 9.91. The first-order chi connectivity index (χ1) is 10.5. The van der Waals surface area contributed by atoms with Crippen molar-refractivity contribution < 1.29 is 19.4 Å². The number of rotatable bonds is 3. The van der Waals surface area contributed by atoms with Crippen molar-refractivity contribution in [2.45, 2.75) is 0 Å². The lowest BCUT2D eigenvalue weighted by molar-refractivity contribution is 0.0843.